The van der Waals surface area contributed by atoms with E-state index in [2.05, 4.69) is 4.98 Å². The van der Waals surface area contributed by atoms with Crippen LogP contribution in [0, 0.1) is 12.8 Å². The third-order valence-corrected chi connectivity index (χ3v) is 6.25. The molecule has 3 atom stereocenters. The van der Waals surface area contributed by atoms with Gasteiger partial charge in [0.15, 0.2) is 0 Å². The number of nitrogens with zero attached hydrogens (tertiary/aromatic N) is 3. The van der Waals surface area contributed by atoms with Gasteiger partial charge in [0.25, 0.3) is 0 Å². The molecule has 1 saturated carbocycles. The van der Waals surface area contributed by atoms with Crippen molar-refractivity contribution in [3.8, 4) is 0 Å². The number of carbonyl (C=O) groups is 1. The fraction of sp³-hybridized carbons (Fsp3) is 0.455. The van der Waals surface area contributed by atoms with Crippen LogP contribution in [0.4, 0.5) is 37.8 Å². The molecule has 0 spiro atoms. The second-order valence-electron chi connectivity index (χ2n) is 8.41. The molecule has 1 aliphatic carbocycles. The van der Waals surface area contributed by atoms with Crippen LogP contribution in [0.3, 0.4) is 0 Å². The maximum absolute atomic E-state index is 13.4. The SMILES string of the molecule is Cc1cccc(N(C)C(=O)[C@@H]2[C@H]3CC[C@H](C3)N2c2cc(C(F)(F)F)cc(C(F)(F)F)n2)c1. The molecule has 1 aliphatic heterocycles. The Balaban J connectivity index is 1.76. The highest BCUT2D eigenvalue weighted by atomic mass is 19.4. The number of likely N-dealkylation sites (N-methyl/N-ethyl adjacent to an activating group) is 1. The lowest BCUT2D eigenvalue weighted by molar-refractivity contribution is -0.145. The van der Waals surface area contributed by atoms with Crippen molar-refractivity contribution in [3.05, 3.63) is 53.2 Å². The average molecular weight is 457 g/mol. The van der Waals surface area contributed by atoms with Gasteiger partial charge in [-0.3, -0.25) is 4.79 Å². The highest BCUT2D eigenvalue weighted by molar-refractivity contribution is 5.99. The van der Waals surface area contributed by atoms with E-state index in [9.17, 15) is 31.1 Å². The summed E-state index contributed by atoms with van der Waals surface area (Å²) in [4.78, 5) is 19.7. The zero-order valence-electron chi connectivity index (χ0n) is 17.3. The third kappa shape index (κ3) is 4.02. The van der Waals surface area contributed by atoms with Crippen LogP contribution in [-0.2, 0) is 17.1 Å². The summed E-state index contributed by atoms with van der Waals surface area (Å²) >= 11 is 0. The number of aromatic nitrogens is 1. The van der Waals surface area contributed by atoms with Crippen molar-refractivity contribution >= 4 is 17.4 Å². The van der Waals surface area contributed by atoms with Crippen molar-refractivity contribution in [1.82, 2.24) is 4.98 Å². The third-order valence-electron chi connectivity index (χ3n) is 6.25. The molecule has 1 saturated heterocycles. The Kier molecular flexibility index (Phi) is 5.37. The van der Waals surface area contributed by atoms with Gasteiger partial charge in [0.05, 0.1) is 5.56 Å². The average Bonchev–Trinajstić information content (AvgIpc) is 3.32. The van der Waals surface area contributed by atoms with Crippen molar-refractivity contribution in [2.24, 2.45) is 5.92 Å². The number of hydrogen-bond donors (Lipinski definition) is 0. The van der Waals surface area contributed by atoms with E-state index in [4.69, 9.17) is 0 Å². The van der Waals surface area contributed by atoms with Crippen LogP contribution in [0.5, 0.6) is 0 Å². The summed E-state index contributed by atoms with van der Waals surface area (Å²) in [5.74, 6) is -1.00. The summed E-state index contributed by atoms with van der Waals surface area (Å²) in [6.45, 7) is 1.86. The predicted molar refractivity (Wildman–Crippen MR) is 106 cm³/mol. The molecule has 1 aromatic heterocycles. The Morgan fingerprint density at radius 1 is 1.06 bits per heavy atom. The first kappa shape index (κ1) is 22.4. The van der Waals surface area contributed by atoms with Gasteiger partial charge in [-0.2, -0.15) is 26.3 Å². The van der Waals surface area contributed by atoms with Gasteiger partial charge in [-0.1, -0.05) is 12.1 Å². The highest BCUT2D eigenvalue weighted by Gasteiger charge is 2.51. The van der Waals surface area contributed by atoms with Crippen LogP contribution in [0.25, 0.3) is 0 Å². The minimum atomic E-state index is -5.05. The molecule has 172 valence electrons. The second kappa shape index (κ2) is 7.67. The molecule has 2 heterocycles. The first-order chi connectivity index (χ1) is 14.9. The number of hydrogen-bond acceptors (Lipinski definition) is 3. The number of piperidine rings is 1. The Hall–Kier alpha value is -2.78. The van der Waals surface area contributed by atoms with Gasteiger partial charge in [0.1, 0.15) is 17.6 Å². The number of halogens is 6. The maximum Gasteiger partial charge on any atom is 0.433 e. The number of fused-ring (bicyclic) bond motifs is 2. The van der Waals surface area contributed by atoms with E-state index in [1.807, 2.05) is 13.0 Å². The number of amides is 1. The Morgan fingerprint density at radius 2 is 1.78 bits per heavy atom. The smallest absolute Gasteiger partial charge is 0.341 e. The fourth-order valence-electron chi connectivity index (χ4n) is 4.75. The second-order valence-corrected chi connectivity index (χ2v) is 8.41. The van der Waals surface area contributed by atoms with Crippen molar-refractivity contribution in [3.63, 3.8) is 0 Å². The number of pyridine rings is 1. The molecule has 1 amide bonds. The van der Waals surface area contributed by atoms with E-state index in [1.54, 1.807) is 25.2 Å². The molecule has 2 aromatic rings. The van der Waals surface area contributed by atoms with Crippen LogP contribution >= 0.6 is 0 Å². The Morgan fingerprint density at radius 3 is 2.41 bits per heavy atom. The lowest BCUT2D eigenvalue weighted by Crippen LogP contribution is -2.51. The van der Waals surface area contributed by atoms with Crippen molar-refractivity contribution in [2.75, 3.05) is 16.8 Å². The van der Waals surface area contributed by atoms with Gasteiger partial charge in [0.2, 0.25) is 5.91 Å². The molecule has 1 aromatic carbocycles. The Bertz CT molecular complexity index is 1000. The monoisotopic (exact) mass is 457 g/mol. The van der Waals surface area contributed by atoms with Gasteiger partial charge >= 0.3 is 12.4 Å². The lowest BCUT2D eigenvalue weighted by Gasteiger charge is -2.37. The summed E-state index contributed by atoms with van der Waals surface area (Å²) in [6.07, 6.45) is -8.23. The van der Waals surface area contributed by atoms with Crippen LogP contribution in [0.1, 0.15) is 36.1 Å². The van der Waals surface area contributed by atoms with Gasteiger partial charge in [-0.15, -0.1) is 0 Å². The van der Waals surface area contributed by atoms with Crippen molar-refractivity contribution in [2.45, 2.75) is 50.6 Å². The summed E-state index contributed by atoms with van der Waals surface area (Å²) in [7, 11) is 1.56. The molecule has 2 bridgehead atoms. The van der Waals surface area contributed by atoms with Crippen LogP contribution in [0.2, 0.25) is 0 Å². The number of anilines is 2. The molecule has 0 N–H and O–H groups in total. The van der Waals surface area contributed by atoms with Crippen molar-refractivity contribution < 1.29 is 31.1 Å². The quantitative estimate of drug-likeness (QED) is 0.576. The van der Waals surface area contributed by atoms with E-state index >= 15 is 0 Å². The van der Waals surface area contributed by atoms with Gasteiger partial charge in [-0.25, -0.2) is 4.98 Å². The molecule has 2 aliphatic rings. The minimum absolute atomic E-state index is 0.00747. The Labute approximate surface area is 180 Å². The van der Waals surface area contributed by atoms with Gasteiger partial charge in [0, 0.05) is 18.8 Å². The first-order valence-corrected chi connectivity index (χ1v) is 10.2. The molecular formula is C22H21F6N3O. The highest BCUT2D eigenvalue weighted by Crippen LogP contribution is 2.47. The molecule has 32 heavy (non-hydrogen) atoms. The minimum Gasteiger partial charge on any atom is -0.341 e. The molecule has 0 radical (unpaired) electrons. The number of carbonyl (C=O) groups excluding carboxylic acids is 1. The lowest BCUT2D eigenvalue weighted by atomic mass is 9.97. The normalized spacial score (nSPS) is 23.0. The van der Waals surface area contributed by atoms with Crippen LogP contribution < -0.4 is 9.80 Å². The number of alkyl halides is 6. The molecule has 4 rings (SSSR count). The fourth-order valence-corrected chi connectivity index (χ4v) is 4.75. The number of benzene rings is 1. The zero-order chi connectivity index (χ0) is 23.4. The summed E-state index contributed by atoms with van der Waals surface area (Å²) < 4.78 is 80.1. The van der Waals surface area contributed by atoms with Crippen LogP contribution in [0.15, 0.2) is 36.4 Å². The number of aryl methyl sites for hydroxylation is 1. The standard InChI is InChI=1S/C22H21F6N3O/c1-12-4-3-5-15(8-12)30(2)20(32)19-13-6-7-16(9-13)31(19)18-11-14(21(23,24)25)10-17(29-18)22(26,27)28/h3-5,8,10-11,13,16,19H,6-7,9H2,1-2H3/t13-,16+,19-/m0/s1. The largest absolute Gasteiger partial charge is 0.433 e. The zero-order valence-corrected chi connectivity index (χ0v) is 17.3. The van der Waals surface area contributed by atoms with E-state index in [1.165, 1.54) is 9.80 Å². The van der Waals surface area contributed by atoms with Crippen LogP contribution in [-0.4, -0.2) is 30.0 Å². The summed E-state index contributed by atoms with van der Waals surface area (Å²) in [5, 5.41) is 0. The van der Waals surface area contributed by atoms with E-state index in [-0.39, 0.29) is 23.9 Å². The summed E-state index contributed by atoms with van der Waals surface area (Å²) in [5.41, 5.74) is -1.54. The molecule has 10 heteroatoms. The molecular weight excluding hydrogens is 436 g/mol. The molecule has 4 nitrogen and oxygen atoms in total. The molecule has 2 fully saturated rings. The van der Waals surface area contributed by atoms with E-state index in [0.29, 0.717) is 31.0 Å². The van der Waals surface area contributed by atoms with Gasteiger partial charge < -0.3 is 9.80 Å². The maximum atomic E-state index is 13.4. The summed E-state index contributed by atoms with van der Waals surface area (Å²) in [6, 6.07) is 6.56. The van der Waals surface area contributed by atoms with Gasteiger partial charge in [-0.05, 0) is 61.9 Å². The van der Waals surface area contributed by atoms with Crippen molar-refractivity contribution in [1.29, 1.82) is 0 Å². The molecule has 0 unspecified atom stereocenters. The number of rotatable bonds is 3. The predicted octanol–water partition coefficient (Wildman–Crippen LogP) is 5.45. The van der Waals surface area contributed by atoms with E-state index < -0.39 is 35.5 Å². The van der Waals surface area contributed by atoms with E-state index in [0.717, 1.165) is 5.56 Å². The first-order valence-electron chi connectivity index (χ1n) is 10.2. The topological polar surface area (TPSA) is 36.4 Å².